The second kappa shape index (κ2) is 10.6. The number of aromatic nitrogens is 1. The number of halogens is 2. The van der Waals surface area contributed by atoms with Crippen LogP contribution in [0.2, 0.25) is 0 Å². The molecule has 0 saturated heterocycles. The number of hydrogen-bond acceptors (Lipinski definition) is 3. The molecule has 1 atom stereocenters. The Morgan fingerprint density at radius 3 is 2.62 bits per heavy atom. The van der Waals surface area contributed by atoms with Gasteiger partial charge in [0.2, 0.25) is 5.91 Å². The van der Waals surface area contributed by atoms with Gasteiger partial charge in [0, 0.05) is 36.2 Å². The molecule has 2 rings (SSSR count). The Hall–Kier alpha value is -1.27. The third-order valence-electron chi connectivity index (χ3n) is 4.10. The molecule has 4 N–H and O–H groups in total. The van der Waals surface area contributed by atoms with Gasteiger partial charge in [0.15, 0.2) is 0 Å². The summed E-state index contributed by atoms with van der Waals surface area (Å²) in [4.78, 5) is 17.5. The number of aromatic amines is 1. The van der Waals surface area contributed by atoms with E-state index in [1.165, 1.54) is 0 Å². The lowest BCUT2D eigenvalue weighted by atomic mass is 10.1. The fourth-order valence-electron chi connectivity index (χ4n) is 2.37. The molecule has 1 aromatic carbocycles. The van der Waals surface area contributed by atoms with Crippen LogP contribution in [0.5, 0.6) is 0 Å². The zero-order valence-electron chi connectivity index (χ0n) is 14.4. The van der Waals surface area contributed by atoms with E-state index in [9.17, 15) is 4.79 Å². The predicted molar refractivity (Wildman–Crippen MR) is 105 cm³/mol. The molecule has 0 aliphatic rings. The number of nitrogens with two attached hydrogens (primary N) is 1. The van der Waals surface area contributed by atoms with Crippen molar-refractivity contribution < 1.29 is 4.79 Å². The van der Waals surface area contributed by atoms with Crippen LogP contribution < -0.4 is 11.1 Å². The number of nitrogens with zero attached hydrogens (tertiary/aromatic N) is 1. The molecule has 0 saturated carbocycles. The lowest BCUT2D eigenvalue weighted by Crippen LogP contribution is -2.44. The van der Waals surface area contributed by atoms with Crippen LogP contribution >= 0.6 is 24.8 Å². The summed E-state index contributed by atoms with van der Waals surface area (Å²) in [5.74, 6) is -0.0950. The van der Waals surface area contributed by atoms with Crippen LogP contribution in [-0.4, -0.2) is 48.0 Å². The van der Waals surface area contributed by atoms with Gasteiger partial charge in [-0.15, -0.1) is 24.8 Å². The maximum absolute atomic E-state index is 12.1. The third kappa shape index (κ3) is 5.98. The van der Waals surface area contributed by atoms with Gasteiger partial charge in [-0.05, 0) is 38.9 Å². The van der Waals surface area contributed by atoms with Gasteiger partial charge in [-0.25, -0.2) is 0 Å². The molecular weight excluding hydrogens is 347 g/mol. The smallest absolute Gasteiger partial charge is 0.237 e. The van der Waals surface area contributed by atoms with Crippen molar-refractivity contribution in [1.82, 2.24) is 15.2 Å². The Bertz CT molecular complexity index is 630. The summed E-state index contributed by atoms with van der Waals surface area (Å²) in [6.45, 7) is 5.70. The number of H-pyrrole nitrogens is 1. The highest BCUT2D eigenvalue weighted by Crippen LogP contribution is 2.18. The highest BCUT2D eigenvalue weighted by Gasteiger charge is 2.16. The van der Waals surface area contributed by atoms with Crippen LogP contribution in [0.25, 0.3) is 10.9 Å². The zero-order valence-corrected chi connectivity index (χ0v) is 16.0. The van der Waals surface area contributed by atoms with E-state index >= 15 is 0 Å². The van der Waals surface area contributed by atoms with E-state index in [1.54, 1.807) is 0 Å². The molecule has 1 aromatic heterocycles. The Labute approximate surface area is 156 Å². The molecule has 2 aromatic rings. The molecule has 0 unspecified atom stereocenters. The maximum Gasteiger partial charge on any atom is 0.237 e. The first-order valence-corrected chi connectivity index (χ1v) is 7.77. The first-order chi connectivity index (χ1) is 10.5. The van der Waals surface area contributed by atoms with Gasteiger partial charge in [-0.1, -0.05) is 18.2 Å². The van der Waals surface area contributed by atoms with Gasteiger partial charge < -0.3 is 20.9 Å². The fourth-order valence-corrected chi connectivity index (χ4v) is 2.37. The van der Waals surface area contributed by atoms with Crippen LogP contribution in [0.3, 0.4) is 0 Å². The lowest BCUT2D eigenvalue weighted by molar-refractivity contribution is -0.122. The molecule has 0 aliphatic heterocycles. The Morgan fingerprint density at radius 1 is 1.29 bits per heavy atom. The van der Waals surface area contributed by atoms with Crippen LogP contribution in [0.1, 0.15) is 19.4 Å². The van der Waals surface area contributed by atoms with Gasteiger partial charge in [-0.3, -0.25) is 4.79 Å². The highest BCUT2D eigenvalue weighted by atomic mass is 35.5. The third-order valence-corrected chi connectivity index (χ3v) is 4.10. The molecule has 0 fully saturated rings. The number of amides is 1. The summed E-state index contributed by atoms with van der Waals surface area (Å²) in [5.41, 5.74) is 8.19. The monoisotopic (exact) mass is 374 g/mol. The Kier molecular flexibility index (Phi) is 10.0. The van der Waals surface area contributed by atoms with Gasteiger partial charge in [-0.2, -0.15) is 0 Å². The topological polar surface area (TPSA) is 74.2 Å². The standard InChI is InChI=1S/C17H26N4O.2ClH/c1-12(2)21(3)9-8-19-17(22)15(18)10-13-11-20-16-7-5-4-6-14(13)16;;/h4-7,11-12,15,20H,8-10,18H2,1-3H3,(H,19,22);2*1H/t15-;;/m0../s1. The zero-order chi connectivity index (χ0) is 16.1. The summed E-state index contributed by atoms with van der Waals surface area (Å²) >= 11 is 0. The summed E-state index contributed by atoms with van der Waals surface area (Å²) in [6.07, 6.45) is 2.47. The number of likely N-dealkylation sites (N-methyl/N-ethyl adjacent to an activating group) is 1. The number of fused-ring (bicyclic) bond motifs is 1. The number of rotatable bonds is 7. The molecular formula is C17H28Cl2N4O. The molecule has 7 heteroatoms. The van der Waals surface area contributed by atoms with E-state index in [0.29, 0.717) is 19.0 Å². The number of carbonyl (C=O) groups excluding carboxylic acids is 1. The number of para-hydroxylation sites is 1. The van der Waals surface area contributed by atoms with Crippen LogP contribution in [-0.2, 0) is 11.2 Å². The molecule has 24 heavy (non-hydrogen) atoms. The van der Waals surface area contributed by atoms with Gasteiger partial charge >= 0.3 is 0 Å². The molecule has 136 valence electrons. The SMILES string of the molecule is CC(C)N(C)CCNC(=O)[C@@H](N)Cc1c[nH]c2ccccc12.Cl.Cl. The highest BCUT2D eigenvalue weighted by molar-refractivity contribution is 5.86. The van der Waals surface area contributed by atoms with E-state index in [0.717, 1.165) is 23.0 Å². The van der Waals surface area contributed by atoms with Crippen LogP contribution in [0.4, 0.5) is 0 Å². The van der Waals surface area contributed by atoms with Gasteiger partial charge in [0.25, 0.3) is 0 Å². The van der Waals surface area contributed by atoms with Crippen molar-refractivity contribution in [2.24, 2.45) is 5.73 Å². The predicted octanol–water partition coefficient (Wildman–Crippen LogP) is 2.34. The largest absolute Gasteiger partial charge is 0.361 e. The Morgan fingerprint density at radius 2 is 1.96 bits per heavy atom. The lowest BCUT2D eigenvalue weighted by Gasteiger charge is -2.21. The second-order valence-corrected chi connectivity index (χ2v) is 6.04. The minimum atomic E-state index is -0.524. The molecule has 5 nitrogen and oxygen atoms in total. The van der Waals surface area contributed by atoms with Crippen molar-refractivity contribution in [2.75, 3.05) is 20.1 Å². The molecule has 1 heterocycles. The first kappa shape index (κ1) is 22.7. The minimum absolute atomic E-state index is 0. The van der Waals surface area contributed by atoms with Crippen molar-refractivity contribution in [1.29, 1.82) is 0 Å². The van der Waals surface area contributed by atoms with Gasteiger partial charge in [0.05, 0.1) is 6.04 Å². The van der Waals surface area contributed by atoms with Gasteiger partial charge in [0.1, 0.15) is 0 Å². The van der Waals surface area contributed by atoms with Crippen molar-refractivity contribution in [3.05, 3.63) is 36.0 Å². The maximum atomic E-state index is 12.1. The molecule has 0 radical (unpaired) electrons. The van der Waals surface area contributed by atoms with Crippen LogP contribution in [0.15, 0.2) is 30.5 Å². The van der Waals surface area contributed by atoms with Crippen molar-refractivity contribution >= 4 is 41.6 Å². The summed E-state index contributed by atoms with van der Waals surface area (Å²) in [5, 5.41) is 4.04. The van der Waals surface area contributed by atoms with E-state index in [1.807, 2.05) is 37.5 Å². The second-order valence-electron chi connectivity index (χ2n) is 6.04. The Balaban J connectivity index is 0.00000264. The average Bonchev–Trinajstić information content (AvgIpc) is 2.90. The van der Waals surface area contributed by atoms with E-state index in [2.05, 4.69) is 29.0 Å². The molecule has 0 aliphatic carbocycles. The van der Waals surface area contributed by atoms with E-state index in [-0.39, 0.29) is 30.7 Å². The quantitative estimate of drug-likeness (QED) is 0.696. The number of benzene rings is 1. The van der Waals surface area contributed by atoms with Crippen molar-refractivity contribution in [2.45, 2.75) is 32.4 Å². The van der Waals surface area contributed by atoms with Crippen molar-refractivity contribution in [3.63, 3.8) is 0 Å². The van der Waals surface area contributed by atoms with E-state index < -0.39 is 6.04 Å². The summed E-state index contributed by atoms with van der Waals surface area (Å²) in [7, 11) is 2.04. The number of hydrogen-bond donors (Lipinski definition) is 3. The molecule has 0 spiro atoms. The average molecular weight is 375 g/mol. The van der Waals surface area contributed by atoms with Crippen molar-refractivity contribution in [3.8, 4) is 0 Å². The minimum Gasteiger partial charge on any atom is -0.361 e. The molecule has 0 bridgehead atoms. The van der Waals surface area contributed by atoms with Crippen LogP contribution in [0, 0.1) is 0 Å². The normalized spacial score (nSPS) is 11.9. The fraction of sp³-hybridized carbons (Fsp3) is 0.471. The number of nitrogens with one attached hydrogen (secondary N) is 2. The summed E-state index contributed by atoms with van der Waals surface area (Å²) < 4.78 is 0. The molecule has 1 amide bonds. The first-order valence-electron chi connectivity index (χ1n) is 7.77. The summed E-state index contributed by atoms with van der Waals surface area (Å²) in [6, 6.07) is 7.99. The number of carbonyl (C=O) groups is 1. The van der Waals surface area contributed by atoms with E-state index in [4.69, 9.17) is 5.73 Å².